The number of aliphatic hydroxyl groups is 1. The van der Waals surface area contributed by atoms with E-state index in [1.807, 2.05) is 0 Å². The summed E-state index contributed by atoms with van der Waals surface area (Å²) in [6.45, 7) is 3.05. The van der Waals surface area contributed by atoms with E-state index in [9.17, 15) is 9.90 Å². The lowest BCUT2D eigenvalue weighted by Gasteiger charge is -2.34. The number of halogens is 1. The molecule has 1 aromatic carbocycles. The summed E-state index contributed by atoms with van der Waals surface area (Å²) in [7, 11) is 1.58. The largest absolute Gasteiger partial charge is 0.496 e. The van der Waals surface area contributed by atoms with Gasteiger partial charge in [0.25, 0.3) is 5.91 Å². The molecule has 2 unspecified atom stereocenters. The second-order valence-electron chi connectivity index (χ2n) is 4.75. The van der Waals surface area contributed by atoms with E-state index in [1.54, 1.807) is 37.1 Å². The third-order valence-corrected chi connectivity index (χ3v) is 3.94. The summed E-state index contributed by atoms with van der Waals surface area (Å²) in [5.74, 6) is 0.618. The minimum Gasteiger partial charge on any atom is -0.496 e. The number of morpholine rings is 1. The highest BCUT2D eigenvalue weighted by atomic mass is 79.9. The lowest BCUT2D eigenvalue weighted by molar-refractivity contribution is -0.0745. The second kappa shape index (κ2) is 6.56. The fourth-order valence-electron chi connectivity index (χ4n) is 2.13. The monoisotopic (exact) mass is 343 g/mol. The molecule has 1 N–H and O–H groups in total. The molecule has 0 aliphatic carbocycles. The molecule has 0 saturated carbocycles. The molecule has 0 radical (unpaired) electrons. The highest BCUT2D eigenvalue weighted by Gasteiger charge is 2.27. The number of carbonyl (C=O) groups is 1. The number of hydrogen-bond donors (Lipinski definition) is 1. The zero-order valence-electron chi connectivity index (χ0n) is 11.5. The van der Waals surface area contributed by atoms with Gasteiger partial charge in [0, 0.05) is 18.7 Å². The van der Waals surface area contributed by atoms with Gasteiger partial charge in [-0.1, -0.05) is 0 Å². The Morgan fingerprint density at radius 3 is 2.95 bits per heavy atom. The van der Waals surface area contributed by atoms with Crippen LogP contribution in [0.5, 0.6) is 5.75 Å². The lowest BCUT2D eigenvalue weighted by atomic mass is 10.1. The van der Waals surface area contributed by atoms with Crippen molar-refractivity contribution in [3.63, 3.8) is 0 Å². The maximum Gasteiger partial charge on any atom is 0.254 e. The number of aliphatic hydroxyl groups excluding tert-OH is 1. The smallest absolute Gasteiger partial charge is 0.254 e. The van der Waals surface area contributed by atoms with Gasteiger partial charge in [-0.3, -0.25) is 4.79 Å². The topological polar surface area (TPSA) is 59.0 Å². The summed E-state index contributed by atoms with van der Waals surface area (Å²) in [6.07, 6.45) is -0.914. The van der Waals surface area contributed by atoms with Gasteiger partial charge >= 0.3 is 0 Å². The van der Waals surface area contributed by atoms with Crippen molar-refractivity contribution in [2.75, 3.05) is 26.8 Å². The quantitative estimate of drug-likeness (QED) is 0.907. The van der Waals surface area contributed by atoms with Crippen molar-refractivity contribution < 1.29 is 19.4 Å². The van der Waals surface area contributed by atoms with Gasteiger partial charge in [0.2, 0.25) is 0 Å². The molecule has 2 rings (SSSR count). The van der Waals surface area contributed by atoms with Crippen LogP contribution in [0.4, 0.5) is 0 Å². The third kappa shape index (κ3) is 3.31. The van der Waals surface area contributed by atoms with Crippen LogP contribution in [-0.4, -0.2) is 54.9 Å². The van der Waals surface area contributed by atoms with Crippen molar-refractivity contribution in [3.8, 4) is 5.75 Å². The number of carbonyl (C=O) groups excluding carboxylic acids is 1. The first-order chi connectivity index (χ1) is 9.52. The summed E-state index contributed by atoms with van der Waals surface area (Å²) in [6, 6.07) is 5.23. The van der Waals surface area contributed by atoms with Crippen LogP contribution in [-0.2, 0) is 4.74 Å². The molecular formula is C14H18BrNO4. The summed E-state index contributed by atoms with van der Waals surface area (Å²) < 4.78 is 11.3. The maximum absolute atomic E-state index is 12.4. The van der Waals surface area contributed by atoms with Crippen LogP contribution in [0, 0.1) is 0 Å². The Bertz CT molecular complexity index is 492. The van der Waals surface area contributed by atoms with Crippen LogP contribution in [0.3, 0.4) is 0 Å². The molecule has 1 aromatic rings. The van der Waals surface area contributed by atoms with Gasteiger partial charge in [-0.05, 0) is 41.1 Å². The maximum atomic E-state index is 12.4. The molecule has 0 bridgehead atoms. The van der Waals surface area contributed by atoms with Crippen LogP contribution in [0.1, 0.15) is 17.3 Å². The predicted octanol–water partition coefficient (Wildman–Crippen LogP) is 1.68. The average Bonchev–Trinajstić information content (AvgIpc) is 2.46. The van der Waals surface area contributed by atoms with Gasteiger partial charge in [-0.2, -0.15) is 0 Å². The molecule has 1 amide bonds. The number of hydrogen-bond acceptors (Lipinski definition) is 4. The Hall–Kier alpha value is -1.11. The Kier molecular flexibility index (Phi) is 5.01. The van der Waals surface area contributed by atoms with E-state index in [-0.39, 0.29) is 12.0 Å². The van der Waals surface area contributed by atoms with Crippen molar-refractivity contribution in [2.45, 2.75) is 19.1 Å². The minimum atomic E-state index is -0.590. The molecule has 1 heterocycles. The Morgan fingerprint density at radius 2 is 2.35 bits per heavy atom. The molecule has 5 nitrogen and oxygen atoms in total. The first-order valence-electron chi connectivity index (χ1n) is 6.45. The first kappa shape index (κ1) is 15.3. The molecule has 1 aliphatic rings. The molecule has 0 spiro atoms. The van der Waals surface area contributed by atoms with Crippen molar-refractivity contribution in [2.24, 2.45) is 0 Å². The molecule has 1 fully saturated rings. The van der Waals surface area contributed by atoms with E-state index in [0.29, 0.717) is 31.0 Å². The molecular weight excluding hydrogens is 326 g/mol. The van der Waals surface area contributed by atoms with Crippen LogP contribution >= 0.6 is 15.9 Å². The Balaban J connectivity index is 2.12. The lowest BCUT2D eigenvalue weighted by Crippen LogP contribution is -2.49. The molecule has 110 valence electrons. The minimum absolute atomic E-state index is 0.0673. The van der Waals surface area contributed by atoms with Gasteiger partial charge in [-0.25, -0.2) is 0 Å². The van der Waals surface area contributed by atoms with E-state index in [0.717, 1.165) is 4.47 Å². The standard InChI is InChI=1S/C14H18BrNO4/c1-9(17)13-8-16(5-6-20-13)14(18)10-3-4-12(19-2)11(15)7-10/h3-4,7,9,13,17H,5-6,8H2,1-2H3. The van der Waals surface area contributed by atoms with Crippen LogP contribution < -0.4 is 4.74 Å². The summed E-state index contributed by atoms with van der Waals surface area (Å²) in [4.78, 5) is 14.2. The van der Waals surface area contributed by atoms with Gasteiger partial charge in [0.05, 0.1) is 24.3 Å². The average molecular weight is 344 g/mol. The van der Waals surface area contributed by atoms with E-state index in [2.05, 4.69) is 15.9 Å². The van der Waals surface area contributed by atoms with Gasteiger partial charge in [-0.15, -0.1) is 0 Å². The van der Waals surface area contributed by atoms with E-state index < -0.39 is 6.10 Å². The second-order valence-corrected chi connectivity index (χ2v) is 5.60. The highest BCUT2D eigenvalue weighted by molar-refractivity contribution is 9.10. The molecule has 6 heteroatoms. The van der Waals surface area contributed by atoms with Crippen molar-refractivity contribution in [3.05, 3.63) is 28.2 Å². The van der Waals surface area contributed by atoms with Gasteiger partial charge in [0.1, 0.15) is 11.9 Å². The Morgan fingerprint density at radius 1 is 1.60 bits per heavy atom. The van der Waals surface area contributed by atoms with E-state index in [4.69, 9.17) is 9.47 Å². The number of nitrogens with zero attached hydrogens (tertiary/aromatic N) is 1. The molecule has 1 aliphatic heterocycles. The highest BCUT2D eigenvalue weighted by Crippen LogP contribution is 2.26. The fourth-order valence-corrected chi connectivity index (χ4v) is 2.67. The third-order valence-electron chi connectivity index (χ3n) is 3.32. The zero-order valence-corrected chi connectivity index (χ0v) is 13.1. The van der Waals surface area contributed by atoms with Gasteiger partial charge < -0.3 is 19.5 Å². The van der Waals surface area contributed by atoms with Crippen molar-refractivity contribution in [1.29, 1.82) is 0 Å². The molecule has 1 saturated heterocycles. The summed E-state index contributed by atoms with van der Waals surface area (Å²) in [5, 5.41) is 9.57. The van der Waals surface area contributed by atoms with Crippen LogP contribution in [0.2, 0.25) is 0 Å². The van der Waals surface area contributed by atoms with Crippen molar-refractivity contribution >= 4 is 21.8 Å². The summed E-state index contributed by atoms with van der Waals surface area (Å²) in [5.41, 5.74) is 0.587. The number of benzene rings is 1. The SMILES string of the molecule is COc1ccc(C(=O)N2CCOC(C(C)O)C2)cc1Br. The molecule has 20 heavy (non-hydrogen) atoms. The van der Waals surface area contributed by atoms with Gasteiger partial charge in [0.15, 0.2) is 0 Å². The first-order valence-corrected chi connectivity index (χ1v) is 7.24. The predicted molar refractivity (Wildman–Crippen MR) is 78.0 cm³/mol. The number of amides is 1. The molecule has 0 aromatic heterocycles. The normalized spacial score (nSPS) is 20.6. The Labute approximate surface area is 126 Å². The number of rotatable bonds is 3. The molecule has 2 atom stereocenters. The van der Waals surface area contributed by atoms with Crippen LogP contribution in [0.25, 0.3) is 0 Å². The van der Waals surface area contributed by atoms with Crippen LogP contribution in [0.15, 0.2) is 22.7 Å². The van der Waals surface area contributed by atoms with Crippen molar-refractivity contribution in [1.82, 2.24) is 4.90 Å². The van der Waals surface area contributed by atoms with E-state index >= 15 is 0 Å². The summed E-state index contributed by atoms with van der Waals surface area (Å²) >= 11 is 3.37. The number of methoxy groups -OCH3 is 1. The van der Waals surface area contributed by atoms with E-state index in [1.165, 1.54) is 0 Å². The zero-order chi connectivity index (χ0) is 14.7. The fraction of sp³-hybridized carbons (Fsp3) is 0.500. The number of ether oxygens (including phenoxy) is 2.